The van der Waals surface area contributed by atoms with E-state index in [2.05, 4.69) is 30.9 Å². The van der Waals surface area contributed by atoms with Crippen LogP contribution in [0.3, 0.4) is 0 Å². The van der Waals surface area contributed by atoms with Crippen LogP contribution >= 0.6 is 46.6 Å². The fraction of sp³-hybridized carbons (Fsp3) is 0.267. The summed E-state index contributed by atoms with van der Waals surface area (Å²) in [6.07, 6.45) is 1.55. The van der Waals surface area contributed by atoms with E-state index in [1.54, 1.807) is 6.20 Å². The molecule has 0 radical (unpaired) electrons. The number of thioether (sulfide) groups is 3. The minimum Gasteiger partial charge on any atom is -0.791 e. The molecule has 13 nitrogen and oxygen atoms in total. The number of aromatic amines is 1. The summed E-state index contributed by atoms with van der Waals surface area (Å²) in [6, 6.07) is -0.995. The third kappa shape index (κ3) is 4.27. The molecule has 32 heavy (non-hydrogen) atoms. The predicted molar refractivity (Wildman–Crippen MR) is 121 cm³/mol. The summed E-state index contributed by atoms with van der Waals surface area (Å²) >= 11 is 5.02. The number of anilines is 1. The zero-order valence-electron chi connectivity index (χ0n) is 15.8. The molecule has 168 valence electrons. The molecule has 0 unspecified atom stereocenters. The molecule has 4 rings (SSSR count). The number of carbonyl (C=O) groups excluding carboxylic acids is 2. The number of H-pyrrole nitrogens is 1. The third-order valence-corrected chi connectivity index (χ3v) is 8.58. The van der Waals surface area contributed by atoms with E-state index < -0.39 is 34.9 Å². The number of rotatable bonds is 8. The Morgan fingerprint density at radius 1 is 1.47 bits per heavy atom. The molecule has 2 amide bonds. The molecule has 5 N–H and O–H groups in total. The highest BCUT2D eigenvalue weighted by molar-refractivity contribution is 8.18. The van der Waals surface area contributed by atoms with Gasteiger partial charge in [0.2, 0.25) is 0 Å². The van der Waals surface area contributed by atoms with Crippen molar-refractivity contribution in [2.24, 2.45) is 5.16 Å². The van der Waals surface area contributed by atoms with Crippen molar-refractivity contribution in [1.29, 1.82) is 0 Å². The highest BCUT2D eigenvalue weighted by atomic mass is 32.2. The number of hydrogen-bond donors (Lipinski definition) is 4. The molecule has 1 saturated heterocycles. The van der Waals surface area contributed by atoms with Gasteiger partial charge in [-0.3, -0.25) is 14.5 Å². The number of nitrogens with two attached hydrogens (primary N) is 1. The van der Waals surface area contributed by atoms with Gasteiger partial charge in [0, 0.05) is 16.0 Å². The summed E-state index contributed by atoms with van der Waals surface area (Å²) in [6.45, 7) is 0. The number of aliphatic carboxylic acids is 1. The fourth-order valence-corrected chi connectivity index (χ4v) is 7.06. The van der Waals surface area contributed by atoms with Gasteiger partial charge in [0.05, 0.1) is 11.3 Å². The molecule has 0 bridgehead atoms. The van der Waals surface area contributed by atoms with Crippen LogP contribution in [-0.4, -0.2) is 76.1 Å². The lowest BCUT2D eigenvalue weighted by Gasteiger charge is -2.49. The van der Waals surface area contributed by atoms with Crippen molar-refractivity contribution in [2.45, 2.75) is 16.4 Å². The van der Waals surface area contributed by atoms with Crippen LogP contribution in [0.5, 0.6) is 0 Å². The van der Waals surface area contributed by atoms with E-state index in [1.165, 1.54) is 40.7 Å². The smallest absolute Gasteiger partial charge is 0.353 e. The molecule has 2 aromatic rings. The maximum absolute atomic E-state index is 12.7. The van der Waals surface area contributed by atoms with Crippen LogP contribution in [0.1, 0.15) is 5.69 Å². The normalized spacial score (nSPS) is 20.7. The van der Waals surface area contributed by atoms with Crippen LogP contribution in [-0.2, 0) is 14.4 Å². The summed E-state index contributed by atoms with van der Waals surface area (Å²) in [5.74, 6) is -2.35. The Morgan fingerprint density at radius 3 is 2.91 bits per heavy atom. The Kier molecular flexibility index (Phi) is 6.58. The number of nitrogen functional groups attached to an aromatic ring is 1. The largest absolute Gasteiger partial charge is 0.791 e. The van der Waals surface area contributed by atoms with Crippen LogP contribution < -0.4 is 11.1 Å². The van der Waals surface area contributed by atoms with Gasteiger partial charge in [-0.05, 0) is 0 Å². The highest BCUT2D eigenvalue weighted by Crippen LogP contribution is 2.44. The Hall–Kier alpha value is -2.76. The van der Waals surface area contributed by atoms with Gasteiger partial charge in [0.15, 0.2) is 5.13 Å². The highest BCUT2D eigenvalue weighted by Gasteiger charge is 2.54. The van der Waals surface area contributed by atoms with Crippen molar-refractivity contribution >= 4 is 75.2 Å². The first-order valence-electron chi connectivity index (χ1n) is 8.65. The summed E-state index contributed by atoms with van der Waals surface area (Å²) in [5.41, 5.74) is 4.92. The average molecular weight is 514 g/mol. The first-order valence-corrected chi connectivity index (χ1v) is 12.6. The minimum absolute atomic E-state index is 0.00865. The predicted octanol–water partition coefficient (Wildman–Crippen LogP) is 0.309. The van der Waals surface area contributed by atoms with Gasteiger partial charge in [0.25, 0.3) is 11.8 Å². The number of hydrogen-bond acceptors (Lipinski definition) is 13. The maximum Gasteiger partial charge on any atom is 0.353 e. The van der Waals surface area contributed by atoms with Crippen molar-refractivity contribution in [3.05, 3.63) is 33.1 Å². The third-order valence-electron chi connectivity index (χ3n) is 4.33. The number of nitrogens with one attached hydrogen (secondary N) is 2. The van der Waals surface area contributed by atoms with Crippen LogP contribution in [0, 0.1) is 5.21 Å². The van der Waals surface area contributed by atoms with E-state index >= 15 is 0 Å². The summed E-state index contributed by atoms with van der Waals surface area (Å²) < 4.78 is 0. The fourth-order valence-electron chi connectivity index (χ4n) is 2.93. The lowest BCUT2D eigenvalue weighted by atomic mass is 10.0. The topological polar surface area (TPSA) is 203 Å². The Morgan fingerprint density at radius 2 is 2.28 bits per heavy atom. The number of carboxylic acids is 1. The van der Waals surface area contributed by atoms with Crippen molar-refractivity contribution in [1.82, 2.24) is 30.6 Å². The second-order valence-corrected chi connectivity index (χ2v) is 10.6. The molecule has 0 aromatic carbocycles. The average Bonchev–Trinajstić information content (AvgIpc) is 3.44. The summed E-state index contributed by atoms with van der Waals surface area (Å²) in [5, 5.41) is 38.2. The quantitative estimate of drug-likeness (QED) is 0.124. The lowest BCUT2D eigenvalue weighted by molar-refractivity contribution is -0.150. The first kappa shape index (κ1) is 22.4. The standard InChI is InChI=1S/C15H14N8O5S4/c16-15-18-5(2-30-15)8(21-28)11(24)19-9-12(25)23-10(14(26)27)6(3-29-13(9)23)31-4-32-7-1-17-22-20-7/h1-2,9,13,28H,3-4H2,(H2,16,18)(H,19,24)(H,26,27)(H,17,20,22)/p-1/b21-8+/t9-,13-/m1/s1. The van der Waals surface area contributed by atoms with Gasteiger partial charge in [-0.25, -0.2) is 9.78 Å². The molecule has 4 heterocycles. The van der Waals surface area contributed by atoms with E-state index in [4.69, 9.17) is 5.73 Å². The van der Waals surface area contributed by atoms with E-state index in [0.717, 1.165) is 16.2 Å². The molecule has 2 aliphatic heterocycles. The van der Waals surface area contributed by atoms with Gasteiger partial charge in [0.1, 0.15) is 33.5 Å². The second kappa shape index (κ2) is 9.39. The Balaban J connectivity index is 1.44. The molecule has 1 fully saturated rings. The van der Waals surface area contributed by atoms with Gasteiger partial charge in [-0.1, -0.05) is 11.8 Å². The van der Waals surface area contributed by atoms with Gasteiger partial charge >= 0.3 is 5.97 Å². The van der Waals surface area contributed by atoms with Crippen molar-refractivity contribution in [3.63, 3.8) is 0 Å². The molecule has 17 heteroatoms. The van der Waals surface area contributed by atoms with Crippen LogP contribution in [0.25, 0.3) is 0 Å². The van der Waals surface area contributed by atoms with Crippen molar-refractivity contribution in [3.8, 4) is 0 Å². The molecule has 0 spiro atoms. The molecular formula is C15H13N8O5S4-. The van der Waals surface area contributed by atoms with E-state index in [0.29, 0.717) is 20.8 Å². The van der Waals surface area contributed by atoms with Crippen LogP contribution in [0.2, 0.25) is 0 Å². The second-order valence-electron chi connectivity index (χ2n) is 6.16. The number of amides is 2. The number of thiazole rings is 1. The van der Waals surface area contributed by atoms with Crippen molar-refractivity contribution < 1.29 is 19.5 Å². The van der Waals surface area contributed by atoms with Gasteiger partial charge < -0.3 is 26.5 Å². The summed E-state index contributed by atoms with van der Waals surface area (Å²) in [4.78, 5) is 42.6. The molecule has 2 aromatic heterocycles. The zero-order chi connectivity index (χ0) is 22.8. The monoisotopic (exact) mass is 513 g/mol. The lowest BCUT2D eigenvalue weighted by Crippen LogP contribution is -2.71. The SMILES string of the molecule is Nc1nc(/C(=N\[O-])C(=O)N[C@@H]2C(=O)N3C(C(=O)O)=C(SCSc4cn[nH]n4)CS[C@H]23)cs1. The number of carboxylic acid groups (broad SMARTS) is 1. The van der Waals surface area contributed by atoms with Gasteiger partial charge in [-0.2, -0.15) is 10.3 Å². The number of aromatic nitrogens is 4. The Labute approximate surface area is 196 Å². The Bertz CT molecular complexity index is 1120. The van der Waals surface area contributed by atoms with Crippen molar-refractivity contribution in [2.75, 3.05) is 16.6 Å². The molecule has 0 aliphatic carbocycles. The number of fused-ring (bicyclic) bond motifs is 1. The van der Waals surface area contributed by atoms with E-state index in [9.17, 15) is 24.7 Å². The molecule has 2 aliphatic rings. The molecule has 0 saturated carbocycles. The van der Waals surface area contributed by atoms with E-state index in [-0.39, 0.29) is 16.5 Å². The maximum atomic E-state index is 12.7. The summed E-state index contributed by atoms with van der Waals surface area (Å²) in [7, 11) is 0. The van der Waals surface area contributed by atoms with Crippen LogP contribution in [0.4, 0.5) is 5.13 Å². The zero-order valence-corrected chi connectivity index (χ0v) is 19.0. The minimum atomic E-state index is -1.23. The van der Waals surface area contributed by atoms with Gasteiger partial charge in [-0.15, -0.1) is 40.0 Å². The van der Waals surface area contributed by atoms with Crippen LogP contribution in [0.15, 0.2) is 32.4 Å². The number of nitrogens with zero attached hydrogens (tertiary/aromatic N) is 5. The first-order chi connectivity index (χ1) is 15.4. The van der Waals surface area contributed by atoms with E-state index in [1.807, 2.05) is 0 Å². The number of β-lactam (4-membered cyclic amide) rings is 1. The molecular weight excluding hydrogens is 500 g/mol. The number of carbonyl (C=O) groups is 3. The molecule has 2 atom stereocenters.